The topological polar surface area (TPSA) is 105 Å². The third kappa shape index (κ3) is 7.59. The highest BCUT2D eigenvalue weighted by atomic mass is 79.9. The van der Waals surface area contributed by atoms with Gasteiger partial charge in [-0.05, 0) is 42.0 Å². The molecule has 0 unspecified atom stereocenters. The molecule has 29 heavy (non-hydrogen) atoms. The molecule has 0 radical (unpaired) electrons. The second-order valence-corrected chi connectivity index (χ2v) is 7.07. The second kappa shape index (κ2) is 11.2. The summed E-state index contributed by atoms with van der Waals surface area (Å²) in [5.41, 5.74) is 1.24. The fraction of sp³-hybridized carbons (Fsp3) is 0.238. The van der Waals surface area contributed by atoms with Crippen LogP contribution < -0.4 is 10.1 Å². The lowest BCUT2D eigenvalue weighted by Gasteiger charge is -2.23. The molecule has 0 fully saturated rings. The highest BCUT2D eigenvalue weighted by molar-refractivity contribution is 9.10. The number of carboxylic acid groups (broad SMARTS) is 1. The van der Waals surface area contributed by atoms with Gasteiger partial charge in [0.15, 0.2) is 0 Å². The van der Waals surface area contributed by atoms with Crippen molar-refractivity contribution in [3.05, 3.63) is 70.7 Å². The van der Waals surface area contributed by atoms with Gasteiger partial charge in [0.1, 0.15) is 18.5 Å². The predicted octanol–water partition coefficient (Wildman–Crippen LogP) is 4.39. The van der Waals surface area contributed by atoms with E-state index >= 15 is 0 Å². The number of aliphatic carboxylic acids is 1. The first-order valence-corrected chi connectivity index (χ1v) is 9.66. The van der Waals surface area contributed by atoms with E-state index in [1.54, 1.807) is 55.5 Å². The van der Waals surface area contributed by atoms with Crippen LogP contribution in [0, 0.1) is 5.92 Å². The van der Waals surface area contributed by atoms with E-state index in [9.17, 15) is 9.59 Å². The first-order chi connectivity index (χ1) is 13.9. The van der Waals surface area contributed by atoms with Crippen LogP contribution >= 0.6 is 15.9 Å². The number of carbonyl (C=O) groups excluding carboxylic acids is 1. The van der Waals surface area contributed by atoms with Crippen molar-refractivity contribution in [2.75, 3.05) is 18.5 Å². The quantitative estimate of drug-likeness (QED) is 0.476. The molecule has 0 aliphatic carbocycles. The lowest BCUT2D eigenvalue weighted by atomic mass is 9.96. The number of nitrogens with one attached hydrogen (secondary N) is 1. The fourth-order valence-corrected chi connectivity index (χ4v) is 2.79. The first kappa shape index (κ1) is 22.4. The standard InChI is InChI=1S/C21H22BrNO6/c1-14(2-11-19(25)26)20(15-3-9-18(10-4-15)28-13-12-24)29-21(27)23-17-7-5-16(22)6-8-17/h2-11,14,20,24H,12-13H2,1H3,(H,23,27)(H,25,26)/b11-2+/t14-,20-/m0/s1. The van der Waals surface area contributed by atoms with E-state index in [2.05, 4.69) is 21.2 Å². The Bertz CT molecular complexity index is 835. The number of carboxylic acids is 1. The minimum Gasteiger partial charge on any atom is -0.491 e. The Balaban J connectivity index is 2.16. The first-order valence-electron chi connectivity index (χ1n) is 8.87. The minimum absolute atomic E-state index is 0.0965. The maximum atomic E-state index is 12.4. The fourth-order valence-electron chi connectivity index (χ4n) is 2.53. The van der Waals surface area contributed by atoms with Crippen LogP contribution in [0.25, 0.3) is 0 Å². The van der Waals surface area contributed by atoms with Gasteiger partial charge >= 0.3 is 12.1 Å². The summed E-state index contributed by atoms with van der Waals surface area (Å²) < 4.78 is 11.8. The number of aliphatic hydroxyl groups excluding tert-OH is 1. The number of halogens is 1. The van der Waals surface area contributed by atoms with Crippen molar-refractivity contribution in [3.8, 4) is 5.75 Å². The number of anilines is 1. The van der Waals surface area contributed by atoms with Crippen LogP contribution in [-0.2, 0) is 9.53 Å². The SMILES string of the molecule is C[C@@H](/C=C/C(=O)O)[C@H](OC(=O)Nc1ccc(Br)cc1)c1ccc(OCCO)cc1. The molecule has 154 valence electrons. The van der Waals surface area contributed by atoms with Crippen molar-refractivity contribution in [1.29, 1.82) is 0 Å². The average Bonchev–Trinajstić information content (AvgIpc) is 2.71. The van der Waals surface area contributed by atoms with Gasteiger partial charge in [-0.1, -0.05) is 41.1 Å². The molecule has 8 heteroatoms. The van der Waals surface area contributed by atoms with Crippen molar-refractivity contribution >= 4 is 33.7 Å². The Morgan fingerprint density at radius 1 is 1.14 bits per heavy atom. The number of carbonyl (C=O) groups is 2. The number of hydrogen-bond acceptors (Lipinski definition) is 5. The summed E-state index contributed by atoms with van der Waals surface area (Å²) in [4.78, 5) is 23.2. The second-order valence-electron chi connectivity index (χ2n) is 6.16. The van der Waals surface area contributed by atoms with Gasteiger partial charge in [0.25, 0.3) is 0 Å². The summed E-state index contributed by atoms with van der Waals surface area (Å²) in [6.07, 6.45) is 1.11. The van der Waals surface area contributed by atoms with Crippen LogP contribution in [0.1, 0.15) is 18.6 Å². The third-order valence-electron chi connectivity index (χ3n) is 3.91. The molecule has 0 aliphatic heterocycles. The van der Waals surface area contributed by atoms with Gasteiger partial charge in [0, 0.05) is 22.2 Å². The number of benzene rings is 2. The molecule has 1 amide bonds. The Labute approximate surface area is 177 Å². The van der Waals surface area contributed by atoms with E-state index < -0.39 is 24.1 Å². The summed E-state index contributed by atoms with van der Waals surface area (Å²) in [5, 5.41) is 20.4. The molecule has 2 aromatic rings. The van der Waals surface area contributed by atoms with Crippen LogP contribution in [0.5, 0.6) is 5.75 Å². The lowest BCUT2D eigenvalue weighted by molar-refractivity contribution is -0.131. The Hall–Kier alpha value is -2.84. The zero-order valence-corrected chi connectivity index (χ0v) is 17.3. The largest absolute Gasteiger partial charge is 0.491 e. The molecule has 3 N–H and O–H groups in total. The molecule has 7 nitrogen and oxygen atoms in total. The summed E-state index contributed by atoms with van der Waals surface area (Å²) in [7, 11) is 0. The van der Waals surface area contributed by atoms with Crippen LogP contribution in [0.2, 0.25) is 0 Å². The molecule has 0 saturated heterocycles. The minimum atomic E-state index is -1.08. The summed E-state index contributed by atoms with van der Waals surface area (Å²) in [5.74, 6) is -0.914. The molecule has 0 saturated carbocycles. The lowest BCUT2D eigenvalue weighted by Crippen LogP contribution is -2.21. The van der Waals surface area contributed by atoms with Crippen molar-refractivity contribution in [1.82, 2.24) is 0 Å². The Kier molecular flexibility index (Phi) is 8.69. The van der Waals surface area contributed by atoms with Gasteiger partial charge in [-0.15, -0.1) is 0 Å². The van der Waals surface area contributed by atoms with Gasteiger partial charge in [-0.3, -0.25) is 5.32 Å². The molecule has 0 aliphatic rings. The molecule has 0 bridgehead atoms. The highest BCUT2D eigenvalue weighted by Crippen LogP contribution is 2.29. The number of aliphatic hydroxyl groups is 1. The van der Waals surface area contributed by atoms with E-state index in [0.29, 0.717) is 17.0 Å². The number of ether oxygens (including phenoxy) is 2. The van der Waals surface area contributed by atoms with E-state index in [1.807, 2.05) is 0 Å². The molecule has 0 heterocycles. The smallest absolute Gasteiger partial charge is 0.412 e. The van der Waals surface area contributed by atoms with E-state index in [1.165, 1.54) is 6.08 Å². The maximum Gasteiger partial charge on any atom is 0.412 e. The summed E-state index contributed by atoms with van der Waals surface area (Å²) in [6.45, 7) is 1.83. The van der Waals surface area contributed by atoms with Crippen LogP contribution in [0.3, 0.4) is 0 Å². The van der Waals surface area contributed by atoms with Gasteiger partial charge in [0.2, 0.25) is 0 Å². The number of rotatable bonds is 9. The molecule has 2 aromatic carbocycles. The highest BCUT2D eigenvalue weighted by Gasteiger charge is 2.22. The monoisotopic (exact) mass is 463 g/mol. The van der Waals surface area contributed by atoms with Crippen LogP contribution in [-0.4, -0.2) is 35.5 Å². The van der Waals surface area contributed by atoms with Crippen LogP contribution in [0.4, 0.5) is 10.5 Å². The van der Waals surface area contributed by atoms with Crippen molar-refractivity contribution in [2.24, 2.45) is 5.92 Å². The zero-order chi connectivity index (χ0) is 21.2. The van der Waals surface area contributed by atoms with Gasteiger partial charge in [0.05, 0.1) is 6.61 Å². The third-order valence-corrected chi connectivity index (χ3v) is 4.44. The Morgan fingerprint density at radius 3 is 2.38 bits per heavy atom. The zero-order valence-electron chi connectivity index (χ0n) is 15.7. The molecular formula is C21H22BrNO6. The molecule has 2 atom stereocenters. The van der Waals surface area contributed by atoms with Gasteiger partial charge in [-0.25, -0.2) is 9.59 Å². The van der Waals surface area contributed by atoms with Crippen molar-refractivity contribution in [3.63, 3.8) is 0 Å². The maximum absolute atomic E-state index is 12.4. The molecular weight excluding hydrogens is 442 g/mol. The summed E-state index contributed by atoms with van der Waals surface area (Å²) >= 11 is 3.33. The number of hydrogen-bond donors (Lipinski definition) is 3. The van der Waals surface area contributed by atoms with E-state index in [0.717, 1.165) is 10.5 Å². The van der Waals surface area contributed by atoms with Crippen LogP contribution in [0.15, 0.2) is 65.2 Å². The normalized spacial score (nSPS) is 12.9. The van der Waals surface area contributed by atoms with Gasteiger partial charge in [-0.2, -0.15) is 0 Å². The number of amides is 1. The molecule has 2 rings (SSSR count). The van der Waals surface area contributed by atoms with Gasteiger partial charge < -0.3 is 19.7 Å². The summed E-state index contributed by atoms with van der Waals surface area (Å²) in [6, 6.07) is 13.9. The van der Waals surface area contributed by atoms with Crippen molar-refractivity contribution in [2.45, 2.75) is 13.0 Å². The molecule has 0 aromatic heterocycles. The predicted molar refractivity (Wildman–Crippen MR) is 112 cm³/mol. The van der Waals surface area contributed by atoms with E-state index in [-0.39, 0.29) is 13.2 Å². The molecule has 0 spiro atoms. The van der Waals surface area contributed by atoms with E-state index in [4.69, 9.17) is 19.7 Å². The average molecular weight is 464 g/mol. The van der Waals surface area contributed by atoms with Crippen molar-refractivity contribution < 1.29 is 29.3 Å². The Morgan fingerprint density at radius 2 is 1.79 bits per heavy atom.